The third-order valence-corrected chi connectivity index (χ3v) is 4.03. The second-order valence-corrected chi connectivity index (χ2v) is 6.10. The van der Waals surface area contributed by atoms with Gasteiger partial charge in [-0.2, -0.15) is 5.10 Å². The number of anilines is 2. The van der Waals surface area contributed by atoms with E-state index in [2.05, 4.69) is 25.7 Å². The standard InChI is InChI=1S/C21H18N6O3/c1-29-18-5-2-4-16(12-18)26-21(28)25-15-6-8-17(9-7-15)30-20-13-19(22-14-23-20)27-11-3-10-24-27/h2-14H,1H3,(H2,25,26,28). The number of aromatic nitrogens is 4. The zero-order valence-electron chi connectivity index (χ0n) is 16.0. The van der Waals surface area contributed by atoms with Gasteiger partial charge in [0.15, 0.2) is 5.82 Å². The lowest BCUT2D eigenvalue weighted by molar-refractivity contribution is 0.262. The molecule has 0 bridgehead atoms. The molecule has 2 aromatic carbocycles. The minimum absolute atomic E-state index is 0.364. The van der Waals surface area contributed by atoms with Gasteiger partial charge in [0.1, 0.15) is 17.8 Å². The molecule has 9 heteroatoms. The molecule has 2 amide bonds. The predicted octanol–water partition coefficient (Wildman–Crippen LogP) is 4.11. The second kappa shape index (κ2) is 8.74. The van der Waals surface area contributed by atoms with Crippen molar-refractivity contribution in [3.05, 3.63) is 79.4 Å². The lowest BCUT2D eigenvalue weighted by atomic mass is 10.3. The van der Waals surface area contributed by atoms with Crippen LogP contribution >= 0.6 is 0 Å². The smallest absolute Gasteiger partial charge is 0.323 e. The molecule has 0 fully saturated rings. The first kappa shape index (κ1) is 18.9. The van der Waals surface area contributed by atoms with Crippen molar-refractivity contribution in [1.29, 1.82) is 0 Å². The Kier molecular flexibility index (Phi) is 5.52. The maximum atomic E-state index is 12.2. The SMILES string of the molecule is COc1cccc(NC(=O)Nc2ccc(Oc3cc(-n4cccn4)ncn3)cc2)c1. The van der Waals surface area contributed by atoms with E-state index in [-0.39, 0.29) is 6.03 Å². The first-order chi connectivity index (χ1) is 14.7. The fraction of sp³-hybridized carbons (Fsp3) is 0.0476. The number of carbonyl (C=O) groups excluding carboxylic acids is 1. The minimum Gasteiger partial charge on any atom is -0.497 e. The Morgan fingerprint density at radius 2 is 1.77 bits per heavy atom. The van der Waals surface area contributed by atoms with Gasteiger partial charge in [0.2, 0.25) is 5.88 Å². The van der Waals surface area contributed by atoms with Crippen molar-refractivity contribution in [2.24, 2.45) is 0 Å². The summed E-state index contributed by atoms with van der Waals surface area (Å²) in [7, 11) is 1.57. The summed E-state index contributed by atoms with van der Waals surface area (Å²) in [4.78, 5) is 20.5. The number of ether oxygens (including phenoxy) is 2. The highest BCUT2D eigenvalue weighted by atomic mass is 16.5. The molecule has 150 valence electrons. The average Bonchev–Trinajstić information content (AvgIpc) is 3.30. The maximum Gasteiger partial charge on any atom is 0.323 e. The molecule has 0 spiro atoms. The Labute approximate surface area is 172 Å². The van der Waals surface area contributed by atoms with Gasteiger partial charge in [0.25, 0.3) is 0 Å². The van der Waals surface area contributed by atoms with Crippen LogP contribution in [0.5, 0.6) is 17.4 Å². The van der Waals surface area contributed by atoms with Gasteiger partial charge in [-0.25, -0.2) is 19.4 Å². The minimum atomic E-state index is -0.364. The van der Waals surface area contributed by atoms with Gasteiger partial charge in [-0.05, 0) is 42.5 Å². The van der Waals surface area contributed by atoms with Crippen LogP contribution in [0, 0.1) is 0 Å². The van der Waals surface area contributed by atoms with Gasteiger partial charge in [-0.15, -0.1) is 0 Å². The number of benzene rings is 2. The van der Waals surface area contributed by atoms with Crippen molar-refractivity contribution >= 4 is 17.4 Å². The number of carbonyl (C=O) groups is 1. The van der Waals surface area contributed by atoms with Gasteiger partial charge in [0.05, 0.1) is 7.11 Å². The zero-order chi connectivity index (χ0) is 20.8. The van der Waals surface area contributed by atoms with Crippen molar-refractivity contribution in [3.8, 4) is 23.2 Å². The molecule has 0 saturated carbocycles. The number of urea groups is 1. The summed E-state index contributed by atoms with van der Waals surface area (Å²) in [6.07, 6.45) is 4.85. The number of nitrogens with zero attached hydrogens (tertiary/aromatic N) is 4. The highest BCUT2D eigenvalue weighted by Gasteiger charge is 2.06. The molecule has 0 unspecified atom stereocenters. The van der Waals surface area contributed by atoms with Crippen molar-refractivity contribution in [3.63, 3.8) is 0 Å². The predicted molar refractivity (Wildman–Crippen MR) is 111 cm³/mol. The fourth-order valence-corrected chi connectivity index (χ4v) is 2.64. The zero-order valence-corrected chi connectivity index (χ0v) is 16.0. The fourth-order valence-electron chi connectivity index (χ4n) is 2.64. The molecule has 4 aromatic rings. The van der Waals surface area contributed by atoms with E-state index in [1.165, 1.54) is 6.33 Å². The summed E-state index contributed by atoms with van der Waals surface area (Å²) in [5.41, 5.74) is 1.24. The van der Waals surface area contributed by atoms with Crippen LogP contribution < -0.4 is 20.1 Å². The van der Waals surface area contributed by atoms with Crippen molar-refractivity contribution in [2.75, 3.05) is 17.7 Å². The van der Waals surface area contributed by atoms with Crippen LogP contribution in [-0.2, 0) is 0 Å². The van der Waals surface area contributed by atoms with E-state index in [0.717, 1.165) is 0 Å². The highest BCUT2D eigenvalue weighted by Crippen LogP contribution is 2.23. The van der Waals surface area contributed by atoms with Crippen LogP contribution in [0.4, 0.5) is 16.2 Å². The number of nitrogens with one attached hydrogen (secondary N) is 2. The van der Waals surface area contributed by atoms with Gasteiger partial charge in [0, 0.05) is 35.9 Å². The number of hydrogen-bond acceptors (Lipinski definition) is 6. The first-order valence-corrected chi connectivity index (χ1v) is 9.02. The van der Waals surface area contributed by atoms with Crippen LogP contribution in [0.2, 0.25) is 0 Å². The summed E-state index contributed by atoms with van der Waals surface area (Å²) in [5.74, 6) is 2.21. The first-order valence-electron chi connectivity index (χ1n) is 9.02. The molecule has 0 radical (unpaired) electrons. The lowest BCUT2D eigenvalue weighted by Gasteiger charge is -2.10. The Morgan fingerprint density at radius 3 is 2.53 bits per heavy atom. The quantitative estimate of drug-likeness (QED) is 0.503. The van der Waals surface area contributed by atoms with E-state index in [1.807, 2.05) is 0 Å². The molecule has 9 nitrogen and oxygen atoms in total. The molecule has 4 rings (SSSR count). The van der Waals surface area contributed by atoms with Crippen LogP contribution in [0.25, 0.3) is 5.82 Å². The van der Waals surface area contributed by atoms with Crippen LogP contribution in [0.1, 0.15) is 0 Å². The summed E-state index contributed by atoms with van der Waals surface area (Å²) in [6.45, 7) is 0. The highest BCUT2D eigenvalue weighted by molar-refractivity contribution is 5.99. The molecule has 2 N–H and O–H groups in total. The molecule has 2 aromatic heterocycles. The van der Waals surface area contributed by atoms with E-state index in [0.29, 0.717) is 34.6 Å². The summed E-state index contributed by atoms with van der Waals surface area (Å²) in [5, 5.41) is 9.65. The van der Waals surface area contributed by atoms with Gasteiger partial charge in [-0.3, -0.25) is 0 Å². The molecular weight excluding hydrogens is 384 g/mol. The Balaban J connectivity index is 1.37. The molecule has 2 heterocycles. The van der Waals surface area contributed by atoms with E-state index < -0.39 is 0 Å². The van der Waals surface area contributed by atoms with Gasteiger partial charge < -0.3 is 20.1 Å². The van der Waals surface area contributed by atoms with Gasteiger partial charge in [-0.1, -0.05) is 6.07 Å². The third-order valence-electron chi connectivity index (χ3n) is 4.03. The maximum absolute atomic E-state index is 12.2. The molecule has 0 aliphatic carbocycles. The number of hydrogen-bond donors (Lipinski definition) is 2. The summed E-state index contributed by atoms with van der Waals surface area (Å²) >= 11 is 0. The van der Waals surface area contributed by atoms with Crippen LogP contribution in [0.15, 0.2) is 79.4 Å². The summed E-state index contributed by atoms with van der Waals surface area (Å²) < 4.78 is 12.5. The third kappa shape index (κ3) is 4.71. The Morgan fingerprint density at radius 1 is 0.933 bits per heavy atom. The number of rotatable bonds is 6. The van der Waals surface area contributed by atoms with E-state index >= 15 is 0 Å². The van der Waals surface area contributed by atoms with Crippen molar-refractivity contribution in [1.82, 2.24) is 19.7 Å². The molecule has 0 saturated heterocycles. The molecular formula is C21H18N6O3. The molecule has 0 atom stereocenters. The van der Waals surface area contributed by atoms with Crippen LogP contribution in [0.3, 0.4) is 0 Å². The Hall–Kier alpha value is -4.40. The second-order valence-electron chi connectivity index (χ2n) is 6.10. The van der Waals surface area contributed by atoms with Gasteiger partial charge >= 0.3 is 6.03 Å². The normalized spacial score (nSPS) is 10.3. The monoisotopic (exact) mass is 402 g/mol. The lowest BCUT2D eigenvalue weighted by Crippen LogP contribution is -2.19. The molecule has 0 aliphatic rings. The van der Waals surface area contributed by atoms with Crippen LogP contribution in [-0.4, -0.2) is 32.9 Å². The molecule has 30 heavy (non-hydrogen) atoms. The van der Waals surface area contributed by atoms with E-state index in [1.54, 1.807) is 84.8 Å². The number of methoxy groups -OCH3 is 1. The topological polar surface area (TPSA) is 103 Å². The largest absolute Gasteiger partial charge is 0.497 e. The van der Waals surface area contributed by atoms with E-state index in [9.17, 15) is 4.79 Å². The summed E-state index contributed by atoms with van der Waals surface area (Å²) in [6, 6.07) is 17.2. The molecule has 0 aliphatic heterocycles. The van der Waals surface area contributed by atoms with Crippen molar-refractivity contribution < 1.29 is 14.3 Å². The van der Waals surface area contributed by atoms with E-state index in [4.69, 9.17) is 9.47 Å². The Bertz CT molecular complexity index is 1130. The number of amides is 2. The average molecular weight is 402 g/mol. The van der Waals surface area contributed by atoms with Crippen molar-refractivity contribution in [2.45, 2.75) is 0 Å².